The summed E-state index contributed by atoms with van der Waals surface area (Å²) in [5, 5.41) is 2.60. The van der Waals surface area contributed by atoms with Crippen LogP contribution in [0.4, 0.5) is 5.69 Å². The van der Waals surface area contributed by atoms with E-state index in [2.05, 4.69) is 10.3 Å². The van der Waals surface area contributed by atoms with Crippen molar-refractivity contribution in [2.45, 2.75) is 0 Å². The second-order valence-corrected chi connectivity index (χ2v) is 4.65. The molecule has 0 atom stereocenters. The van der Waals surface area contributed by atoms with Gasteiger partial charge in [-0.3, -0.25) is 14.4 Å². The zero-order valence-corrected chi connectivity index (χ0v) is 11.7. The molecule has 2 N–H and O–H groups in total. The van der Waals surface area contributed by atoms with Crippen molar-refractivity contribution >= 4 is 17.5 Å². The number of aromatic nitrogens is 1. The van der Waals surface area contributed by atoms with Gasteiger partial charge in [-0.25, -0.2) is 0 Å². The number of H-pyrrole nitrogens is 1. The summed E-state index contributed by atoms with van der Waals surface area (Å²) in [6, 6.07) is 9.55. The van der Waals surface area contributed by atoms with Crippen molar-refractivity contribution in [2.75, 3.05) is 19.4 Å². The van der Waals surface area contributed by atoms with Gasteiger partial charge in [0.2, 0.25) is 0 Å². The van der Waals surface area contributed by atoms with Crippen LogP contribution in [0.3, 0.4) is 0 Å². The lowest BCUT2D eigenvalue weighted by Gasteiger charge is -2.11. The van der Waals surface area contributed by atoms with Crippen LogP contribution in [0.2, 0.25) is 0 Å². The number of nitrogens with one attached hydrogen (secondary N) is 2. The van der Waals surface area contributed by atoms with Gasteiger partial charge in [-0.1, -0.05) is 6.07 Å². The minimum absolute atomic E-state index is 0.0156. The van der Waals surface area contributed by atoms with Gasteiger partial charge >= 0.3 is 0 Å². The van der Waals surface area contributed by atoms with Crippen LogP contribution in [0.15, 0.2) is 47.4 Å². The van der Waals surface area contributed by atoms with E-state index in [0.29, 0.717) is 11.3 Å². The van der Waals surface area contributed by atoms with Crippen LogP contribution in [0.5, 0.6) is 0 Å². The Morgan fingerprint density at radius 3 is 2.57 bits per heavy atom. The number of hydrogen-bond donors (Lipinski definition) is 2. The molecule has 108 valence electrons. The van der Waals surface area contributed by atoms with Crippen LogP contribution in [0, 0.1) is 0 Å². The van der Waals surface area contributed by atoms with Gasteiger partial charge in [0.05, 0.1) is 0 Å². The highest BCUT2D eigenvalue weighted by Gasteiger charge is 2.12. The first-order valence-electron chi connectivity index (χ1n) is 6.30. The predicted octanol–water partition coefficient (Wildman–Crippen LogP) is 1.33. The monoisotopic (exact) mass is 285 g/mol. The highest BCUT2D eigenvalue weighted by atomic mass is 16.2. The molecule has 1 heterocycles. The summed E-state index contributed by atoms with van der Waals surface area (Å²) in [6.07, 6.45) is 1.45. The molecule has 2 amide bonds. The normalized spacial score (nSPS) is 10.0. The quantitative estimate of drug-likeness (QED) is 0.892. The Morgan fingerprint density at radius 2 is 1.90 bits per heavy atom. The standard InChI is InChI=1S/C15H15N3O3/c1-18(2)15(21)10-5-3-6-11(9-10)17-14(20)12-7-4-8-16-13(12)19/h3-9H,1-2H3,(H,16,19)(H,17,20). The van der Waals surface area contributed by atoms with Gasteiger partial charge in [0.25, 0.3) is 17.4 Å². The van der Waals surface area contributed by atoms with Gasteiger partial charge in [0.15, 0.2) is 0 Å². The van der Waals surface area contributed by atoms with Crippen molar-refractivity contribution in [3.63, 3.8) is 0 Å². The number of nitrogens with zero attached hydrogens (tertiary/aromatic N) is 1. The molecule has 0 aliphatic heterocycles. The summed E-state index contributed by atoms with van der Waals surface area (Å²) in [4.78, 5) is 39.3. The van der Waals surface area contributed by atoms with Crippen LogP contribution in [-0.4, -0.2) is 35.8 Å². The predicted molar refractivity (Wildman–Crippen MR) is 79.5 cm³/mol. The molecule has 0 unspecified atom stereocenters. The summed E-state index contributed by atoms with van der Waals surface area (Å²) >= 11 is 0. The molecule has 1 aromatic carbocycles. The maximum Gasteiger partial charge on any atom is 0.261 e. The van der Waals surface area contributed by atoms with Crippen molar-refractivity contribution in [1.29, 1.82) is 0 Å². The van der Waals surface area contributed by atoms with Crippen molar-refractivity contribution in [1.82, 2.24) is 9.88 Å². The lowest BCUT2D eigenvalue weighted by atomic mass is 10.1. The van der Waals surface area contributed by atoms with Crippen molar-refractivity contribution in [3.05, 3.63) is 64.1 Å². The Bertz CT molecular complexity index is 735. The number of carbonyl (C=O) groups excluding carboxylic acids is 2. The van der Waals surface area contributed by atoms with Crippen molar-refractivity contribution in [2.24, 2.45) is 0 Å². The molecule has 0 spiro atoms. The fourth-order valence-electron chi connectivity index (χ4n) is 1.79. The molecule has 0 radical (unpaired) electrons. The second kappa shape index (κ2) is 6.04. The molecule has 0 aliphatic carbocycles. The first kappa shape index (κ1) is 14.5. The third-order valence-corrected chi connectivity index (χ3v) is 2.84. The first-order valence-corrected chi connectivity index (χ1v) is 6.30. The third kappa shape index (κ3) is 3.36. The van der Waals surface area contributed by atoms with E-state index in [1.807, 2.05) is 0 Å². The van der Waals surface area contributed by atoms with E-state index in [4.69, 9.17) is 0 Å². The minimum atomic E-state index is -0.522. The molecular formula is C15H15N3O3. The van der Waals surface area contributed by atoms with Gasteiger partial charge in [0.1, 0.15) is 5.56 Å². The van der Waals surface area contributed by atoms with Crippen LogP contribution in [-0.2, 0) is 0 Å². The number of hydrogen-bond acceptors (Lipinski definition) is 3. The Hall–Kier alpha value is -2.89. The smallest absolute Gasteiger partial charge is 0.261 e. The molecule has 6 heteroatoms. The molecule has 2 aromatic rings. The molecule has 0 saturated carbocycles. The SMILES string of the molecule is CN(C)C(=O)c1cccc(NC(=O)c2ccc[nH]c2=O)c1. The highest BCUT2D eigenvalue weighted by molar-refractivity contribution is 6.04. The number of amides is 2. The Labute approximate surface area is 121 Å². The van der Waals surface area contributed by atoms with Gasteiger partial charge < -0.3 is 15.2 Å². The fourth-order valence-corrected chi connectivity index (χ4v) is 1.79. The molecule has 0 saturated heterocycles. The molecule has 21 heavy (non-hydrogen) atoms. The van der Waals surface area contributed by atoms with Crippen LogP contribution >= 0.6 is 0 Å². The number of carbonyl (C=O) groups is 2. The first-order chi connectivity index (χ1) is 9.99. The maximum atomic E-state index is 12.0. The highest BCUT2D eigenvalue weighted by Crippen LogP contribution is 2.12. The van der Waals surface area contributed by atoms with E-state index in [0.717, 1.165) is 0 Å². The minimum Gasteiger partial charge on any atom is -0.345 e. The number of anilines is 1. The molecule has 6 nitrogen and oxygen atoms in total. The fraction of sp³-hybridized carbons (Fsp3) is 0.133. The molecular weight excluding hydrogens is 270 g/mol. The lowest BCUT2D eigenvalue weighted by Crippen LogP contribution is -2.23. The average molecular weight is 285 g/mol. The van der Waals surface area contributed by atoms with Crippen molar-refractivity contribution in [3.8, 4) is 0 Å². The summed E-state index contributed by atoms with van der Waals surface area (Å²) in [6.45, 7) is 0. The zero-order valence-electron chi connectivity index (χ0n) is 11.7. The zero-order chi connectivity index (χ0) is 15.4. The number of benzene rings is 1. The Kier molecular flexibility index (Phi) is 4.18. The number of rotatable bonds is 3. The summed E-state index contributed by atoms with van der Waals surface area (Å²) in [5.74, 6) is -0.685. The van der Waals surface area contributed by atoms with E-state index < -0.39 is 11.5 Å². The lowest BCUT2D eigenvalue weighted by molar-refractivity contribution is 0.0827. The molecule has 0 fully saturated rings. The van der Waals surface area contributed by atoms with Gasteiger partial charge in [-0.2, -0.15) is 0 Å². The summed E-state index contributed by atoms with van der Waals surface area (Å²) in [7, 11) is 3.30. The number of pyridine rings is 1. The van der Waals surface area contributed by atoms with E-state index >= 15 is 0 Å². The molecule has 1 aromatic heterocycles. The van der Waals surface area contributed by atoms with E-state index in [9.17, 15) is 14.4 Å². The van der Waals surface area contributed by atoms with E-state index in [1.165, 1.54) is 17.2 Å². The van der Waals surface area contributed by atoms with Gasteiger partial charge in [-0.05, 0) is 30.3 Å². The maximum absolute atomic E-state index is 12.0. The number of aromatic amines is 1. The van der Waals surface area contributed by atoms with Gasteiger partial charge in [0, 0.05) is 31.5 Å². The molecule has 0 bridgehead atoms. The largest absolute Gasteiger partial charge is 0.345 e. The average Bonchev–Trinajstić information content (AvgIpc) is 2.47. The third-order valence-electron chi connectivity index (χ3n) is 2.84. The molecule has 2 rings (SSSR count). The summed E-state index contributed by atoms with van der Waals surface area (Å²) < 4.78 is 0. The van der Waals surface area contributed by atoms with Crippen LogP contribution < -0.4 is 10.9 Å². The van der Waals surface area contributed by atoms with Gasteiger partial charge in [-0.15, -0.1) is 0 Å². The second-order valence-electron chi connectivity index (χ2n) is 4.65. The Balaban J connectivity index is 2.23. The Morgan fingerprint density at radius 1 is 1.14 bits per heavy atom. The summed E-state index contributed by atoms with van der Waals surface area (Å²) in [5.41, 5.74) is 0.466. The van der Waals surface area contributed by atoms with E-state index in [1.54, 1.807) is 44.4 Å². The van der Waals surface area contributed by atoms with E-state index in [-0.39, 0.29) is 11.5 Å². The molecule has 0 aliphatic rings. The van der Waals surface area contributed by atoms with Crippen LogP contribution in [0.1, 0.15) is 20.7 Å². The van der Waals surface area contributed by atoms with Crippen molar-refractivity contribution < 1.29 is 9.59 Å². The topological polar surface area (TPSA) is 82.3 Å². The van der Waals surface area contributed by atoms with Crippen LogP contribution in [0.25, 0.3) is 0 Å².